The first-order valence-corrected chi connectivity index (χ1v) is 12.7. The van der Waals surface area contributed by atoms with Crippen LogP contribution in [0.1, 0.15) is 58.8 Å². The minimum absolute atomic E-state index is 0. The zero-order chi connectivity index (χ0) is 42.6. The quantitative estimate of drug-likeness (QED) is 0.0554. The summed E-state index contributed by atoms with van der Waals surface area (Å²) in [7, 11) is 0. The van der Waals surface area contributed by atoms with Crippen molar-refractivity contribution in [1.29, 1.82) is 0 Å². The van der Waals surface area contributed by atoms with Crippen molar-refractivity contribution in [3.05, 3.63) is 0 Å². The second-order valence-corrected chi connectivity index (χ2v) is 9.91. The van der Waals surface area contributed by atoms with Crippen LogP contribution in [0, 0.1) is 0 Å². The predicted molar refractivity (Wildman–Crippen MR) is 155 cm³/mol. The molecule has 0 spiro atoms. The van der Waals surface area contributed by atoms with Crippen LogP contribution < -0.4 is 0 Å². The van der Waals surface area contributed by atoms with Crippen molar-refractivity contribution in [3.63, 3.8) is 0 Å². The largest absolute Gasteiger partial charge is 0.481 e. The highest BCUT2D eigenvalue weighted by atomic mass is 16.4. The molecule has 0 aromatic rings. The molecule has 0 heterocycles. The number of carbonyl (C=O) groups is 12. The van der Waals surface area contributed by atoms with Gasteiger partial charge >= 0.3 is 71.6 Å². The summed E-state index contributed by atoms with van der Waals surface area (Å²) in [6.07, 6.45) is -9.15. The molecule has 0 bridgehead atoms. The van der Waals surface area contributed by atoms with Crippen molar-refractivity contribution in [2.45, 2.75) is 81.2 Å². The maximum Gasteiger partial charge on any atom is 0.336 e. The summed E-state index contributed by atoms with van der Waals surface area (Å²) in [6.45, 7) is 0. The summed E-state index contributed by atoms with van der Waals surface area (Å²) < 4.78 is 0. The fraction of sp³-hybridized carbons (Fsp3) is 0.520. The van der Waals surface area contributed by atoms with E-state index in [4.69, 9.17) is 81.7 Å². The molecule has 0 fully saturated rings. The van der Waals surface area contributed by atoms with Crippen LogP contribution in [0.3, 0.4) is 0 Å². The maximum atomic E-state index is 10.3. The molecule has 0 radical (unpaired) electrons. The number of carboxylic acid groups (broad SMARTS) is 12. The topological polar surface area (TPSA) is 529 Å². The molecule has 0 aromatic carbocycles. The Morgan fingerprint density at radius 1 is 0.245 bits per heavy atom. The zero-order valence-electron chi connectivity index (χ0n) is 25.7. The van der Waals surface area contributed by atoms with Crippen molar-refractivity contribution in [2.75, 3.05) is 0 Å². The maximum absolute atomic E-state index is 10.3. The molecule has 16 N–H and O–H groups in total. The van der Waals surface area contributed by atoms with Gasteiger partial charge in [-0.05, 0) is 0 Å². The van der Waals surface area contributed by atoms with Crippen LogP contribution in [-0.4, -0.2) is 176 Å². The van der Waals surface area contributed by atoms with Crippen molar-refractivity contribution in [3.8, 4) is 0 Å². The van der Waals surface area contributed by atoms with Gasteiger partial charge in [0.1, 0.15) is 0 Å². The van der Waals surface area contributed by atoms with Crippen LogP contribution >= 0.6 is 0 Å². The molecule has 304 valence electrons. The van der Waals surface area contributed by atoms with E-state index < -0.39 is 145 Å². The van der Waals surface area contributed by atoms with Gasteiger partial charge < -0.3 is 81.7 Å². The number of hydrogen-bond donors (Lipinski definition) is 16. The molecule has 0 atom stereocenters. The second kappa shape index (κ2) is 23.8. The summed E-state index contributed by atoms with van der Waals surface area (Å²) in [5.74, 6) is -20.1. The minimum atomic E-state index is -2.74. The number of carboxylic acids is 12. The number of rotatable bonds is 20. The van der Waals surface area contributed by atoms with Crippen molar-refractivity contribution in [2.24, 2.45) is 0 Å². The number of aliphatic hydroxyl groups is 4. The van der Waals surface area contributed by atoms with Gasteiger partial charge in [-0.25, -0.2) is 19.2 Å². The minimum Gasteiger partial charge on any atom is -0.481 e. The molecule has 0 aliphatic carbocycles. The van der Waals surface area contributed by atoms with Crippen molar-refractivity contribution >= 4 is 71.6 Å². The van der Waals surface area contributed by atoms with E-state index in [2.05, 4.69) is 0 Å². The third kappa shape index (κ3) is 26.0. The molecule has 0 saturated heterocycles. The Kier molecular flexibility index (Phi) is 25.1. The standard InChI is InChI=1S/4C6H8O7.CH4/c4*7-3(8)1-6(13,5(11)12)2-4(9)10;/h4*13H,1-2H2,(H,7,8)(H,9,10)(H,11,12);1H4. The lowest BCUT2D eigenvalue weighted by molar-refractivity contribution is -0.170. The summed E-state index contributed by atoms with van der Waals surface area (Å²) in [5, 5.41) is 135. The molecule has 53 heavy (non-hydrogen) atoms. The first kappa shape index (κ1) is 55.9. The van der Waals surface area contributed by atoms with Gasteiger partial charge in [0, 0.05) is 0 Å². The summed E-state index contributed by atoms with van der Waals surface area (Å²) in [6, 6.07) is 0. The molecule has 28 heteroatoms. The monoisotopic (exact) mass is 784 g/mol. The zero-order valence-corrected chi connectivity index (χ0v) is 25.7. The third-order valence-corrected chi connectivity index (χ3v) is 5.14. The third-order valence-electron chi connectivity index (χ3n) is 5.14. The van der Waals surface area contributed by atoms with E-state index >= 15 is 0 Å². The average Bonchev–Trinajstić information content (AvgIpc) is 2.85. The van der Waals surface area contributed by atoms with Crippen molar-refractivity contribution in [1.82, 2.24) is 0 Å². The van der Waals surface area contributed by atoms with E-state index in [1.54, 1.807) is 0 Å². The molecule has 0 amide bonds. The molecule has 0 saturated carbocycles. The molecule has 0 aliphatic rings. The lowest BCUT2D eigenvalue weighted by Crippen LogP contribution is -2.42. The molecule has 0 rings (SSSR count). The Morgan fingerprint density at radius 3 is 0.358 bits per heavy atom. The average molecular weight is 785 g/mol. The SMILES string of the molecule is C.O=C(O)CC(O)(CC(=O)O)C(=O)O.O=C(O)CC(O)(CC(=O)O)C(=O)O.O=C(O)CC(O)(CC(=O)O)C(=O)O.O=C(O)CC(O)(CC(=O)O)C(=O)O. The Balaban J connectivity index is -0.000000192. The van der Waals surface area contributed by atoms with Crippen LogP contribution in [-0.2, 0) is 57.5 Å². The van der Waals surface area contributed by atoms with Crippen LogP contribution in [0.5, 0.6) is 0 Å². The van der Waals surface area contributed by atoms with E-state index in [1.165, 1.54) is 0 Å². The lowest BCUT2D eigenvalue weighted by Gasteiger charge is -2.18. The highest BCUT2D eigenvalue weighted by Gasteiger charge is 2.43. The van der Waals surface area contributed by atoms with Gasteiger partial charge in [0.15, 0.2) is 22.4 Å². The molecular formula is C25H36O28. The Labute approximate surface area is 292 Å². The van der Waals surface area contributed by atoms with Gasteiger partial charge in [-0.2, -0.15) is 0 Å². The second-order valence-electron chi connectivity index (χ2n) is 9.91. The van der Waals surface area contributed by atoms with Crippen LogP contribution in [0.15, 0.2) is 0 Å². The van der Waals surface area contributed by atoms with Crippen LogP contribution in [0.4, 0.5) is 0 Å². The van der Waals surface area contributed by atoms with Crippen molar-refractivity contribution < 1.29 is 139 Å². The molecular weight excluding hydrogens is 748 g/mol. The smallest absolute Gasteiger partial charge is 0.336 e. The fourth-order valence-corrected chi connectivity index (χ4v) is 2.86. The summed E-state index contributed by atoms with van der Waals surface area (Å²) >= 11 is 0. The predicted octanol–water partition coefficient (Wildman–Crippen LogP) is -4.36. The Bertz CT molecular complexity index is 1120. The van der Waals surface area contributed by atoms with E-state index in [0.717, 1.165) is 0 Å². The van der Waals surface area contributed by atoms with Crippen LogP contribution in [0.25, 0.3) is 0 Å². The van der Waals surface area contributed by atoms with Gasteiger partial charge in [-0.3, -0.25) is 38.4 Å². The van der Waals surface area contributed by atoms with Gasteiger partial charge in [0.2, 0.25) is 0 Å². The lowest BCUT2D eigenvalue weighted by atomic mass is 9.96. The van der Waals surface area contributed by atoms with Crippen LogP contribution in [0.2, 0.25) is 0 Å². The van der Waals surface area contributed by atoms with E-state index in [9.17, 15) is 57.5 Å². The van der Waals surface area contributed by atoms with Gasteiger partial charge in [-0.1, -0.05) is 7.43 Å². The van der Waals surface area contributed by atoms with Gasteiger partial charge in [0.25, 0.3) is 0 Å². The number of hydrogen-bond acceptors (Lipinski definition) is 16. The van der Waals surface area contributed by atoms with E-state index in [-0.39, 0.29) is 7.43 Å². The number of aliphatic carboxylic acids is 12. The summed E-state index contributed by atoms with van der Waals surface area (Å²) in [4.78, 5) is 122. The van der Waals surface area contributed by atoms with Gasteiger partial charge in [-0.15, -0.1) is 0 Å². The molecule has 0 aliphatic heterocycles. The van der Waals surface area contributed by atoms with Gasteiger partial charge in [0.05, 0.1) is 51.4 Å². The normalized spacial score (nSPS) is 10.6. The first-order valence-electron chi connectivity index (χ1n) is 12.7. The van der Waals surface area contributed by atoms with E-state index in [1.807, 2.05) is 0 Å². The Hall–Kier alpha value is -6.52. The molecule has 0 aromatic heterocycles. The summed E-state index contributed by atoms with van der Waals surface area (Å²) in [5.41, 5.74) is -11.0. The molecule has 28 nitrogen and oxygen atoms in total. The first-order chi connectivity index (χ1) is 23.1. The highest BCUT2D eigenvalue weighted by molar-refractivity contribution is 5.90. The van der Waals surface area contributed by atoms with E-state index in [0.29, 0.717) is 0 Å². The Morgan fingerprint density at radius 2 is 0.321 bits per heavy atom. The molecule has 0 unspecified atom stereocenters. The fourth-order valence-electron chi connectivity index (χ4n) is 2.86. The highest BCUT2D eigenvalue weighted by Crippen LogP contribution is 2.18.